The molecule has 28 heavy (non-hydrogen) atoms. The number of nitrogens with one attached hydrogen (secondary N) is 1. The molecule has 1 aliphatic rings. The fraction of sp³-hybridized carbons (Fsp3) is 0.250. The summed E-state index contributed by atoms with van der Waals surface area (Å²) < 4.78 is 5.44. The van der Waals surface area contributed by atoms with E-state index in [4.69, 9.17) is 0 Å². The number of anilines is 2. The second kappa shape index (κ2) is 8.70. The molecule has 6 nitrogen and oxygen atoms in total. The molecule has 144 valence electrons. The van der Waals surface area contributed by atoms with Gasteiger partial charge in [-0.1, -0.05) is 52.3 Å². The monoisotopic (exact) mass is 457 g/mol. The van der Waals surface area contributed by atoms with Crippen molar-refractivity contribution in [3.63, 3.8) is 0 Å². The minimum Gasteiger partial charge on any atom is -0.343 e. The van der Waals surface area contributed by atoms with Crippen molar-refractivity contribution in [1.82, 2.24) is 14.3 Å². The number of benzene rings is 2. The number of amides is 2. The summed E-state index contributed by atoms with van der Waals surface area (Å²) >= 11 is 4.85. The van der Waals surface area contributed by atoms with Crippen LogP contribution in [0, 0.1) is 0 Å². The molecule has 0 aliphatic carbocycles. The van der Waals surface area contributed by atoms with Crippen LogP contribution >= 0.6 is 27.5 Å². The van der Waals surface area contributed by atoms with Crippen molar-refractivity contribution in [2.75, 3.05) is 36.4 Å². The summed E-state index contributed by atoms with van der Waals surface area (Å²) in [6.07, 6.45) is 0.742. The Morgan fingerprint density at radius 3 is 2.61 bits per heavy atom. The average molecular weight is 458 g/mol. The molecular weight excluding hydrogens is 438 g/mol. The lowest BCUT2D eigenvalue weighted by molar-refractivity contribution is 0.208. The lowest BCUT2D eigenvalue weighted by Crippen LogP contribution is -2.50. The number of piperazine rings is 1. The number of carbonyl (C=O) groups excluding carboxylic acids is 1. The van der Waals surface area contributed by atoms with E-state index in [0.29, 0.717) is 13.1 Å². The van der Waals surface area contributed by atoms with E-state index in [9.17, 15) is 4.79 Å². The van der Waals surface area contributed by atoms with Gasteiger partial charge in [0.15, 0.2) is 0 Å². The van der Waals surface area contributed by atoms with Crippen molar-refractivity contribution in [3.8, 4) is 0 Å². The Morgan fingerprint density at radius 2 is 1.86 bits per heavy atom. The van der Waals surface area contributed by atoms with Crippen LogP contribution in [-0.4, -0.2) is 46.5 Å². The molecule has 2 amide bonds. The fourth-order valence-corrected chi connectivity index (χ4v) is 4.23. The zero-order valence-electron chi connectivity index (χ0n) is 15.2. The molecule has 0 saturated carbocycles. The quantitative estimate of drug-likeness (QED) is 0.635. The van der Waals surface area contributed by atoms with Crippen LogP contribution in [-0.2, 0) is 6.42 Å². The van der Waals surface area contributed by atoms with Crippen molar-refractivity contribution in [2.24, 2.45) is 0 Å². The second-order valence-corrected chi connectivity index (χ2v) is 8.22. The molecule has 1 aliphatic heterocycles. The van der Waals surface area contributed by atoms with E-state index in [2.05, 4.69) is 47.6 Å². The molecular formula is C20H20BrN5OS. The first-order valence-corrected chi connectivity index (χ1v) is 10.7. The van der Waals surface area contributed by atoms with Gasteiger partial charge in [0.2, 0.25) is 5.13 Å². The predicted octanol–water partition coefficient (Wildman–Crippen LogP) is 4.25. The molecule has 1 N–H and O–H groups in total. The third-order valence-corrected chi connectivity index (χ3v) is 5.88. The summed E-state index contributed by atoms with van der Waals surface area (Å²) in [5.74, 6) is 0.848. The number of hydrogen-bond donors (Lipinski definition) is 1. The normalized spacial score (nSPS) is 14.2. The number of carbonyl (C=O) groups is 1. The van der Waals surface area contributed by atoms with Gasteiger partial charge >= 0.3 is 6.03 Å². The zero-order valence-corrected chi connectivity index (χ0v) is 17.6. The summed E-state index contributed by atoms with van der Waals surface area (Å²) in [4.78, 5) is 21.2. The van der Waals surface area contributed by atoms with E-state index in [1.54, 1.807) is 0 Å². The van der Waals surface area contributed by atoms with Crippen molar-refractivity contribution >= 4 is 44.3 Å². The molecule has 8 heteroatoms. The van der Waals surface area contributed by atoms with E-state index in [0.717, 1.165) is 40.6 Å². The van der Waals surface area contributed by atoms with E-state index in [1.807, 2.05) is 47.4 Å². The molecule has 4 rings (SSSR count). The smallest absolute Gasteiger partial charge is 0.321 e. The molecule has 1 fully saturated rings. The maximum atomic E-state index is 12.5. The summed E-state index contributed by atoms with van der Waals surface area (Å²) in [5, 5.41) is 3.88. The first kappa shape index (κ1) is 18.9. The highest BCUT2D eigenvalue weighted by Crippen LogP contribution is 2.21. The number of hydrogen-bond acceptors (Lipinski definition) is 5. The van der Waals surface area contributed by atoms with Gasteiger partial charge < -0.3 is 15.1 Å². The molecule has 3 aromatic rings. The van der Waals surface area contributed by atoms with Crippen LogP contribution in [0.4, 0.5) is 15.6 Å². The lowest BCUT2D eigenvalue weighted by atomic mass is 10.1. The Labute approximate surface area is 176 Å². The molecule has 0 atom stereocenters. The Balaban J connectivity index is 1.31. The van der Waals surface area contributed by atoms with Crippen LogP contribution in [0.5, 0.6) is 0 Å². The summed E-state index contributed by atoms with van der Waals surface area (Å²) in [7, 11) is 0. The number of rotatable bonds is 4. The van der Waals surface area contributed by atoms with Crippen molar-refractivity contribution in [3.05, 3.63) is 70.5 Å². The summed E-state index contributed by atoms with van der Waals surface area (Å²) in [5.41, 5.74) is 2.00. The van der Waals surface area contributed by atoms with Crippen LogP contribution in [0.1, 0.15) is 11.4 Å². The third kappa shape index (κ3) is 4.69. The number of halogens is 1. The largest absolute Gasteiger partial charge is 0.343 e. The van der Waals surface area contributed by atoms with Crippen LogP contribution < -0.4 is 10.2 Å². The van der Waals surface area contributed by atoms with Crippen molar-refractivity contribution in [1.29, 1.82) is 0 Å². The Hall–Kier alpha value is -2.45. The molecule has 0 radical (unpaired) electrons. The van der Waals surface area contributed by atoms with E-state index < -0.39 is 0 Å². The number of nitrogens with zero attached hydrogens (tertiary/aromatic N) is 4. The van der Waals surface area contributed by atoms with Crippen LogP contribution in [0.2, 0.25) is 0 Å². The lowest BCUT2D eigenvalue weighted by Gasteiger charge is -2.34. The van der Waals surface area contributed by atoms with Gasteiger partial charge in [-0.2, -0.15) is 4.37 Å². The molecule has 2 aromatic carbocycles. The van der Waals surface area contributed by atoms with Gasteiger partial charge in [-0.25, -0.2) is 9.78 Å². The highest BCUT2D eigenvalue weighted by molar-refractivity contribution is 9.10. The van der Waals surface area contributed by atoms with Gasteiger partial charge in [-0.15, -0.1) is 0 Å². The van der Waals surface area contributed by atoms with Crippen molar-refractivity contribution in [2.45, 2.75) is 6.42 Å². The van der Waals surface area contributed by atoms with Gasteiger partial charge in [-0.3, -0.25) is 0 Å². The SMILES string of the molecule is O=C(Nc1cccc(Br)c1)N1CCN(c2nc(Cc3ccccc3)ns2)CC1. The van der Waals surface area contributed by atoms with Gasteiger partial charge in [0.05, 0.1) is 0 Å². The molecule has 0 bridgehead atoms. The molecule has 0 unspecified atom stereocenters. The maximum absolute atomic E-state index is 12.5. The summed E-state index contributed by atoms with van der Waals surface area (Å²) in [6, 6.07) is 17.8. The van der Waals surface area contributed by atoms with E-state index in [1.165, 1.54) is 17.1 Å². The third-order valence-electron chi connectivity index (χ3n) is 4.58. The highest BCUT2D eigenvalue weighted by Gasteiger charge is 2.23. The van der Waals surface area contributed by atoms with Gasteiger partial charge in [0.25, 0.3) is 0 Å². The molecule has 1 saturated heterocycles. The van der Waals surface area contributed by atoms with E-state index >= 15 is 0 Å². The Morgan fingerprint density at radius 1 is 1.07 bits per heavy atom. The average Bonchev–Trinajstić information content (AvgIpc) is 3.17. The molecule has 1 aromatic heterocycles. The summed E-state index contributed by atoms with van der Waals surface area (Å²) in [6.45, 7) is 2.83. The fourth-order valence-electron chi connectivity index (χ4n) is 3.09. The minimum atomic E-state index is -0.0696. The van der Waals surface area contributed by atoms with Crippen LogP contribution in [0.15, 0.2) is 59.1 Å². The minimum absolute atomic E-state index is 0.0696. The van der Waals surface area contributed by atoms with Crippen LogP contribution in [0.3, 0.4) is 0 Å². The van der Waals surface area contributed by atoms with Gasteiger partial charge in [0, 0.05) is 54.3 Å². The van der Waals surface area contributed by atoms with Gasteiger partial charge in [-0.05, 0) is 23.8 Å². The topological polar surface area (TPSA) is 61.4 Å². The second-order valence-electron chi connectivity index (χ2n) is 6.57. The molecule has 2 heterocycles. The number of urea groups is 1. The first-order valence-electron chi connectivity index (χ1n) is 9.10. The number of aromatic nitrogens is 2. The van der Waals surface area contributed by atoms with E-state index in [-0.39, 0.29) is 6.03 Å². The van der Waals surface area contributed by atoms with Crippen molar-refractivity contribution < 1.29 is 4.79 Å². The zero-order chi connectivity index (χ0) is 19.3. The first-order chi connectivity index (χ1) is 13.7. The molecule has 0 spiro atoms. The van der Waals surface area contributed by atoms with Gasteiger partial charge in [0.1, 0.15) is 5.82 Å². The predicted molar refractivity (Wildman–Crippen MR) is 116 cm³/mol. The standard InChI is InChI=1S/C20H20BrN5OS/c21-16-7-4-8-17(14-16)22-19(27)25-9-11-26(12-10-25)20-23-18(24-28-20)13-15-5-2-1-3-6-15/h1-8,14H,9-13H2,(H,22,27). The maximum Gasteiger partial charge on any atom is 0.321 e. The Bertz CT molecular complexity index is 941. The Kier molecular flexibility index (Phi) is 5.87. The van der Waals surface area contributed by atoms with Crippen LogP contribution in [0.25, 0.3) is 0 Å². The highest BCUT2D eigenvalue weighted by atomic mass is 79.9.